The van der Waals surface area contributed by atoms with Crippen molar-refractivity contribution in [3.8, 4) is 5.75 Å². The Morgan fingerprint density at radius 2 is 2.05 bits per heavy atom. The summed E-state index contributed by atoms with van der Waals surface area (Å²) in [6, 6.07) is 5.74. The van der Waals surface area contributed by atoms with Crippen LogP contribution >= 0.6 is 15.9 Å². The Balaban J connectivity index is 3.23. The van der Waals surface area contributed by atoms with E-state index in [1.165, 1.54) is 0 Å². The fraction of sp³-hybridized carbons (Fsp3) is 0.500. The van der Waals surface area contributed by atoms with Crippen molar-refractivity contribution in [2.75, 3.05) is 7.11 Å². The molecule has 0 aliphatic carbocycles. The number of ether oxygens (including phenoxy) is 1. The molecule has 0 bridgehead atoms. The normalized spacial score (nSPS) is 14.4. The molecule has 0 amide bonds. The van der Waals surface area contributed by atoms with Crippen LogP contribution in [0.4, 0.5) is 0 Å². The van der Waals surface area contributed by atoms with E-state index in [1.54, 1.807) is 7.11 Å². The highest BCUT2D eigenvalue weighted by Gasteiger charge is 2.27. The lowest BCUT2D eigenvalue weighted by molar-refractivity contribution is 0.414. The standard InChI is InChI=1S/C14H20BrNO2S/c1-6-12(16-19(17)14(2,3)4)11-9-10(15)7-8-13(11)18-5/h7-9H,6H2,1-5H3/b16-12+/t19-/m0/s1. The van der Waals surface area contributed by atoms with Crippen molar-refractivity contribution in [2.24, 2.45) is 4.40 Å². The zero-order valence-corrected chi connectivity index (χ0v) is 14.4. The second-order valence-electron chi connectivity index (χ2n) is 5.10. The molecule has 0 aromatic heterocycles. The van der Waals surface area contributed by atoms with E-state index in [-0.39, 0.29) is 4.75 Å². The number of hydrogen-bond donors (Lipinski definition) is 0. The van der Waals surface area contributed by atoms with Gasteiger partial charge in [-0.2, -0.15) is 0 Å². The molecule has 5 heteroatoms. The van der Waals surface area contributed by atoms with Gasteiger partial charge in [0.15, 0.2) is 0 Å². The monoisotopic (exact) mass is 345 g/mol. The van der Waals surface area contributed by atoms with Crippen molar-refractivity contribution in [2.45, 2.75) is 38.9 Å². The van der Waals surface area contributed by atoms with E-state index >= 15 is 0 Å². The minimum absolute atomic E-state index is 0.361. The minimum Gasteiger partial charge on any atom is -0.591 e. The van der Waals surface area contributed by atoms with Gasteiger partial charge in [-0.15, -0.1) is 0 Å². The zero-order valence-electron chi connectivity index (χ0n) is 12.0. The van der Waals surface area contributed by atoms with E-state index in [4.69, 9.17) is 4.74 Å². The summed E-state index contributed by atoms with van der Waals surface area (Å²) in [5, 5.41) is 0. The van der Waals surface area contributed by atoms with Gasteiger partial charge in [0.1, 0.15) is 27.6 Å². The molecule has 0 N–H and O–H groups in total. The number of rotatable bonds is 4. The van der Waals surface area contributed by atoms with Crippen molar-refractivity contribution in [1.82, 2.24) is 0 Å². The molecule has 0 unspecified atom stereocenters. The Labute approximate surface area is 126 Å². The first-order valence-electron chi connectivity index (χ1n) is 6.13. The van der Waals surface area contributed by atoms with Crippen molar-refractivity contribution in [3.63, 3.8) is 0 Å². The molecule has 0 heterocycles. The quantitative estimate of drug-likeness (QED) is 0.608. The van der Waals surface area contributed by atoms with Crippen LogP contribution in [0.25, 0.3) is 0 Å². The van der Waals surface area contributed by atoms with Crippen LogP contribution < -0.4 is 4.74 Å². The fourth-order valence-corrected chi connectivity index (χ4v) is 2.51. The molecular formula is C14H20BrNO2S. The van der Waals surface area contributed by atoms with Crippen LogP contribution in [0.15, 0.2) is 27.1 Å². The number of nitrogens with zero attached hydrogens (tertiary/aromatic N) is 1. The molecule has 0 radical (unpaired) electrons. The average Bonchev–Trinajstić information content (AvgIpc) is 2.34. The second kappa shape index (κ2) is 6.77. The maximum absolute atomic E-state index is 12.2. The summed E-state index contributed by atoms with van der Waals surface area (Å²) in [5.41, 5.74) is 1.68. The minimum atomic E-state index is -1.27. The highest BCUT2D eigenvalue weighted by atomic mass is 79.9. The molecule has 0 aliphatic rings. The van der Waals surface area contributed by atoms with E-state index in [2.05, 4.69) is 20.3 Å². The SMILES string of the molecule is CC/C(=N\[S@@+]([O-])C(C)(C)C)c1cc(Br)ccc1OC. The van der Waals surface area contributed by atoms with Gasteiger partial charge in [0.2, 0.25) is 0 Å². The lowest BCUT2D eigenvalue weighted by atomic mass is 10.1. The van der Waals surface area contributed by atoms with Gasteiger partial charge < -0.3 is 9.29 Å². The van der Waals surface area contributed by atoms with E-state index < -0.39 is 11.4 Å². The van der Waals surface area contributed by atoms with E-state index in [9.17, 15) is 4.55 Å². The number of hydrogen-bond acceptors (Lipinski definition) is 3. The van der Waals surface area contributed by atoms with Crippen molar-refractivity contribution < 1.29 is 9.29 Å². The van der Waals surface area contributed by atoms with Crippen LogP contribution in [0, 0.1) is 0 Å². The molecule has 0 spiro atoms. The van der Waals surface area contributed by atoms with Gasteiger partial charge in [-0.25, -0.2) is 0 Å². The molecular weight excluding hydrogens is 326 g/mol. The molecule has 1 aromatic rings. The first-order valence-corrected chi connectivity index (χ1v) is 8.03. The van der Waals surface area contributed by atoms with Gasteiger partial charge in [-0.05, 0) is 45.4 Å². The second-order valence-corrected chi connectivity index (χ2v) is 7.92. The van der Waals surface area contributed by atoms with Gasteiger partial charge in [-0.1, -0.05) is 27.3 Å². The molecule has 0 saturated heterocycles. The molecule has 106 valence electrons. The summed E-state index contributed by atoms with van der Waals surface area (Å²) < 4.78 is 22.5. The Morgan fingerprint density at radius 1 is 1.42 bits per heavy atom. The Hall–Kier alpha value is -0.520. The average molecular weight is 346 g/mol. The third-order valence-electron chi connectivity index (χ3n) is 2.52. The van der Waals surface area contributed by atoms with Crippen molar-refractivity contribution >= 4 is 33.0 Å². The summed E-state index contributed by atoms with van der Waals surface area (Å²) in [7, 11) is 1.63. The topological polar surface area (TPSA) is 44.7 Å². The Morgan fingerprint density at radius 3 is 2.53 bits per heavy atom. The van der Waals surface area contributed by atoms with E-state index in [1.807, 2.05) is 45.9 Å². The fourth-order valence-electron chi connectivity index (χ4n) is 1.45. The van der Waals surface area contributed by atoms with Gasteiger partial charge in [0.05, 0.1) is 7.11 Å². The van der Waals surface area contributed by atoms with E-state index in [0.717, 1.165) is 21.5 Å². The van der Waals surface area contributed by atoms with Gasteiger partial charge in [0.25, 0.3) is 0 Å². The molecule has 3 nitrogen and oxygen atoms in total. The van der Waals surface area contributed by atoms with Gasteiger partial charge >= 0.3 is 0 Å². The summed E-state index contributed by atoms with van der Waals surface area (Å²) in [5.74, 6) is 0.745. The molecule has 1 atom stereocenters. The van der Waals surface area contributed by atoms with Crippen LogP contribution in [0.3, 0.4) is 0 Å². The predicted molar refractivity (Wildman–Crippen MR) is 85.4 cm³/mol. The molecule has 1 aromatic carbocycles. The molecule has 0 fully saturated rings. The third-order valence-corrected chi connectivity index (χ3v) is 4.45. The molecule has 0 saturated carbocycles. The maximum atomic E-state index is 12.2. The first kappa shape index (κ1) is 16.5. The largest absolute Gasteiger partial charge is 0.591 e. The van der Waals surface area contributed by atoms with Crippen LogP contribution in [0.1, 0.15) is 39.7 Å². The molecule has 0 aliphatic heterocycles. The lowest BCUT2D eigenvalue weighted by Gasteiger charge is -2.19. The van der Waals surface area contributed by atoms with Crippen molar-refractivity contribution in [1.29, 1.82) is 0 Å². The highest BCUT2D eigenvalue weighted by Crippen LogP contribution is 2.26. The predicted octanol–water partition coefficient (Wildman–Crippen LogP) is 4.12. The van der Waals surface area contributed by atoms with Gasteiger partial charge in [-0.3, -0.25) is 0 Å². The number of benzene rings is 1. The Bertz CT molecular complexity index is 469. The number of methoxy groups -OCH3 is 1. The van der Waals surface area contributed by atoms with Gasteiger partial charge in [0, 0.05) is 10.0 Å². The van der Waals surface area contributed by atoms with Crippen LogP contribution in [0.5, 0.6) is 5.75 Å². The zero-order chi connectivity index (χ0) is 14.6. The van der Waals surface area contributed by atoms with Crippen LogP contribution in [0.2, 0.25) is 0 Å². The summed E-state index contributed by atoms with van der Waals surface area (Å²) in [6.07, 6.45) is 0.703. The maximum Gasteiger partial charge on any atom is 0.144 e. The smallest absolute Gasteiger partial charge is 0.144 e. The first-order chi connectivity index (χ1) is 8.79. The van der Waals surface area contributed by atoms with E-state index in [0.29, 0.717) is 6.42 Å². The highest BCUT2D eigenvalue weighted by molar-refractivity contribution is 9.10. The lowest BCUT2D eigenvalue weighted by Crippen LogP contribution is -2.27. The summed E-state index contributed by atoms with van der Waals surface area (Å²) >= 11 is 2.17. The van der Waals surface area contributed by atoms with Crippen LogP contribution in [-0.4, -0.2) is 22.1 Å². The molecule has 1 rings (SSSR count). The van der Waals surface area contributed by atoms with Crippen LogP contribution in [-0.2, 0) is 11.4 Å². The number of halogens is 1. The summed E-state index contributed by atoms with van der Waals surface area (Å²) in [4.78, 5) is 0. The molecule has 19 heavy (non-hydrogen) atoms. The Kier molecular flexibility index (Phi) is 5.89. The third kappa shape index (κ3) is 4.51. The van der Waals surface area contributed by atoms with Crippen molar-refractivity contribution in [3.05, 3.63) is 28.2 Å². The summed E-state index contributed by atoms with van der Waals surface area (Å²) in [6.45, 7) is 7.74.